The summed E-state index contributed by atoms with van der Waals surface area (Å²) in [5.74, 6) is -2.29. The lowest BCUT2D eigenvalue weighted by Crippen LogP contribution is -2.50. The van der Waals surface area contributed by atoms with E-state index in [1.165, 1.54) is 0 Å². The van der Waals surface area contributed by atoms with Gasteiger partial charge in [0, 0.05) is 47.0 Å². The average Bonchev–Trinajstić information content (AvgIpc) is 3.71. The molecule has 0 aliphatic heterocycles. The fourth-order valence-corrected chi connectivity index (χ4v) is 5.82. The van der Waals surface area contributed by atoms with E-state index in [9.17, 15) is 29.4 Å². The van der Waals surface area contributed by atoms with Crippen molar-refractivity contribution in [2.24, 2.45) is 11.5 Å². The van der Waals surface area contributed by atoms with Gasteiger partial charge in [0.1, 0.15) is 12.1 Å². The highest BCUT2D eigenvalue weighted by atomic mass is 32.2. The molecule has 0 fully saturated rings. The molecule has 10 N–H and O–H groups in total. The molecule has 12 nitrogen and oxygen atoms in total. The molecule has 0 saturated heterocycles. The minimum atomic E-state index is -1.09. The Morgan fingerprint density at radius 2 is 1.12 bits per heavy atom. The van der Waals surface area contributed by atoms with E-state index in [1.807, 2.05) is 85.1 Å². The number of nitrogens with one attached hydrogen (secondary N) is 4. The van der Waals surface area contributed by atoms with Gasteiger partial charge in [0.15, 0.2) is 0 Å². The van der Waals surface area contributed by atoms with Gasteiger partial charge in [-0.15, -0.1) is 0 Å². The zero-order valence-electron chi connectivity index (χ0n) is 27.1. The van der Waals surface area contributed by atoms with Gasteiger partial charge in [-0.25, -0.2) is 9.59 Å². The lowest BCUT2D eigenvalue weighted by Gasteiger charge is -2.18. The van der Waals surface area contributed by atoms with Crippen LogP contribution in [-0.2, 0) is 38.4 Å². The zero-order chi connectivity index (χ0) is 35.3. The Morgan fingerprint density at radius 3 is 1.59 bits per heavy atom. The fraction of sp³-hybridized carbons (Fsp3) is 0.278. The first-order valence-electron chi connectivity index (χ1n) is 15.8. The second-order valence-corrected chi connectivity index (χ2v) is 12.6. The lowest BCUT2D eigenvalue weighted by atomic mass is 10.0. The molecular weight excluding hydrogens is 644 g/mol. The number of rotatable bonds is 15. The summed E-state index contributed by atoms with van der Waals surface area (Å²) in [5, 5.41) is 25.9. The zero-order valence-corrected chi connectivity index (χ0v) is 27.9. The Labute approximate surface area is 288 Å². The van der Waals surface area contributed by atoms with E-state index in [4.69, 9.17) is 11.5 Å². The molecule has 2 heterocycles. The van der Waals surface area contributed by atoms with Crippen LogP contribution < -0.4 is 22.1 Å². The van der Waals surface area contributed by atoms with Gasteiger partial charge in [0.05, 0.1) is 12.1 Å². The van der Waals surface area contributed by atoms with Crippen LogP contribution in [0.25, 0.3) is 21.8 Å². The van der Waals surface area contributed by atoms with Gasteiger partial charge in [-0.05, 0) is 53.7 Å². The number of carboxylic acids is 2. The van der Waals surface area contributed by atoms with Crippen molar-refractivity contribution in [3.8, 4) is 0 Å². The first-order chi connectivity index (χ1) is 23.6. The van der Waals surface area contributed by atoms with E-state index < -0.39 is 47.9 Å². The SMILES string of the molecule is CSCCC(N)C(=O)NC(Cc1c[nH]c2ccccc12)C(=O)O.NC(Cc1ccccc1)C(=O)NC(Cc1c[nH]c2ccccc12)C(=O)O. The lowest BCUT2D eigenvalue weighted by molar-refractivity contribution is -0.142. The first kappa shape index (κ1) is 36.7. The van der Waals surface area contributed by atoms with Crippen molar-refractivity contribution in [3.63, 3.8) is 0 Å². The van der Waals surface area contributed by atoms with Crippen molar-refractivity contribution >= 4 is 57.3 Å². The van der Waals surface area contributed by atoms with Gasteiger partial charge in [-0.1, -0.05) is 66.7 Å². The predicted octanol–water partition coefficient (Wildman–Crippen LogP) is 3.21. The van der Waals surface area contributed by atoms with Gasteiger partial charge in [-0.3, -0.25) is 9.59 Å². The number of aromatic amines is 2. The molecule has 5 aromatic rings. The molecule has 4 unspecified atom stereocenters. The number of para-hydroxylation sites is 2. The summed E-state index contributed by atoms with van der Waals surface area (Å²) in [6, 6.07) is 21.2. The molecule has 258 valence electrons. The van der Waals surface area contributed by atoms with Gasteiger partial charge in [0.2, 0.25) is 11.8 Å². The van der Waals surface area contributed by atoms with E-state index in [-0.39, 0.29) is 12.8 Å². The number of aromatic nitrogens is 2. The normalized spacial score (nSPS) is 13.4. The molecule has 2 amide bonds. The largest absolute Gasteiger partial charge is 0.480 e. The number of fused-ring (bicyclic) bond motifs is 2. The third-order valence-electron chi connectivity index (χ3n) is 8.03. The third-order valence-corrected chi connectivity index (χ3v) is 8.68. The number of aliphatic carboxylic acids is 2. The number of amides is 2. The summed E-state index contributed by atoms with van der Waals surface area (Å²) in [4.78, 5) is 53.7. The smallest absolute Gasteiger partial charge is 0.326 e. The monoisotopic (exact) mass is 686 g/mol. The average molecular weight is 687 g/mol. The molecule has 2 aromatic heterocycles. The fourth-order valence-electron chi connectivity index (χ4n) is 5.34. The van der Waals surface area contributed by atoms with E-state index in [1.54, 1.807) is 24.2 Å². The molecule has 0 radical (unpaired) electrons. The first-order valence-corrected chi connectivity index (χ1v) is 17.2. The Kier molecular flexibility index (Phi) is 13.4. The topological polar surface area (TPSA) is 216 Å². The Hall–Kier alpha value is -5.11. The van der Waals surface area contributed by atoms with Gasteiger partial charge >= 0.3 is 11.9 Å². The minimum absolute atomic E-state index is 0.184. The van der Waals surface area contributed by atoms with Crippen molar-refractivity contribution < 1.29 is 29.4 Å². The molecule has 4 atom stereocenters. The Morgan fingerprint density at radius 1 is 0.673 bits per heavy atom. The van der Waals surface area contributed by atoms with Crippen LogP contribution in [0.1, 0.15) is 23.1 Å². The maximum absolute atomic E-state index is 12.3. The molecule has 3 aromatic carbocycles. The second-order valence-electron chi connectivity index (χ2n) is 11.6. The van der Waals surface area contributed by atoms with Crippen LogP contribution >= 0.6 is 11.8 Å². The minimum Gasteiger partial charge on any atom is -0.480 e. The number of carbonyl (C=O) groups excluding carboxylic acids is 2. The van der Waals surface area contributed by atoms with Crippen molar-refractivity contribution in [3.05, 3.63) is 108 Å². The highest BCUT2D eigenvalue weighted by Gasteiger charge is 2.26. The molecule has 0 spiro atoms. The third kappa shape index (κ3) is 10.4. The number of carboxylic acid groups (broad SMARTS) is 2. The van der Waals surface area contributed by atoms with Crippen LogP contribution in [0.5, 0.6) is 0 Å². The highest BCUT2D eigenvalue weighted by molar-refractivity contribution is 7.98. The quantitative estimate of drug-likeness (QED) is 0.0810. The number of nitrogens with two attached hydrogens (primary N) is 2. The van der Waals surface area contributed by atoms with Crippen LogP contribution in [0, 0.1) is 0 Å². The van der Waals surface area contributed by atoms with E-state index in [0.29, 0.717) is 12.8 Å². The van der Waals surface area contributed by atoms with Gasteiger partial charge < -0.3 is 42.3 Å². The summed E-state index contributed by atoms with van der Waals surface area (Å²) in [6.07, 6.45) is 6.75. The molecule has 0 bridgehead atoms. The standard InChI is InChI=1S/C20H21N3O3.C16H21N3O3S/c21-16(10-13-6-2-1-3-7-13)19(24)23-18(20(25)26)11-14-12-22-17-9-5-4-8-15(14)17;1-23-7-6-12(17)15(20)19-14(16(21)22)8-10-9-18-13-5-3-2-4-11(10)13/h1-9,12,16,18,22H,10-11,21H2,(H,23,24)(H,25,26);2-5,9,12,14,18H,6-8,17H2,1H3,(H,19,20)(H,21,22). The molecule has 5 rings (SSSR count). The summed E-state index contributed by atoms with van der Waals surface area (Å²) in [7, 11) is 0. The molecular formula is C36H42N6O6S. The predicted molar refractivity (Wildman–Crippen MR) is 192 cm³/mol. The summed E-state index contributed by atoms with van der Waals surface area (Å²) >= 11 is 1.60. The van der Waals surface area contributed by atoms with Crippen molar-refractivity contribution in [1.29, 1.82) is 0 Å². The second kappa shape index (κ2) is 17.9. The van der Waals surface area contributed by atoms with E-state index in [2.05, 4.69) is 20.6 Å². The number of thioether (sulfide) groups is 1. The van der Waals surface area contributed by atoms with Crippen LogP contribution in [0.3, 0.4) is 0 Å². The summed E-state index contributed by atoms with van der Waals surface area (Å²) in [5.41, 5.74) is 16.2. The van der Waals surface area contributed by atoms with E-state index in [0.717, 1.165) is 44.2 Å². The molecule has 49 heavy (non-hydrogen) atoms. The van der Waals surface area contributed by atoms with Crippen molar-refractivity contribution in [1.82, 2.24) is 20.6 Å². The highest BCUT2D eigenvalue weighted by Crippen LogP contribution is 2.20. The van der Waals surface area contributed by atoms with Gasteiger partial charge in [-0.2, -0.15) is 11.8 Å². The summed E-state index contributed by atoms with van der Waals surface area (Å²) in [6.45, 7) is 0. The molecule has 0 saturated carbocycles. The van der Waals surface area contributed by atoms with Crippen molar-refractivity contribution in [2.75, 3.05) is 12.0 Å². The van der Waals surface area contributed by atoms with Crippen molar-refractivity contribution in [2.45, 2.75) is 49.9 Å². The van der Waals surface area contributed by atoms with Crippen LogP contribution in [0.4, 0.5) is 0 Å². The van der Waals surface area contributed by atoms with Crippen LogP contribution in [0.15, 0.2) is 91.3 Å². The number of hydrogen-bond donors (Lipinski definition) is 8. The molecule has 13 heteroatoms. The van der Waals surface area contributed by atoms with Crippen LogP contribution in [-0.4, -0.2) is 80.1 Å². The summed E-state index contributed by atoms with van der Waals surface area (Å²) < 4.78 is 0. The number of hydrogen-bond acceptors (Lipinski definition) is 7. The van der Waals surface area contributed by atoms with Gasteiger partial charge in [0.25, 0.3) is 0 Å². The number of carbonyl (C=O) groups is 4. The number of benzene rings is 3. The molecule has 0 aliphatic rings. The Balaban J connectivity index is 0.000000223. The maximum atomic E-state index is 12.3. The maximum Gasteiger partial charge on any atom is 0.326 e. The number of H-pyrrole nitrogens is 2. The van der Waals surface area contributed by atoms with E-state index >= 15 is 0 Å². The molecule has 0 aliphatic carbocycles. The van der Waals surface area contributed by atoms with Crippen LogP contribution in [0.2, 0.25) is 0 Å². The Bertz CT molecular complexity index is 1860.